The highest BCUT2D eigenvalue weighted by Crippen LogP contribution is 2.30. The van der Waals surface area contributed by atoms with E-state index in [4.69, 9.17) is 0 Å². The summed E-state index contributed by atoms with van der Waals surface area (Å²) in [4.78, 5) is 12.9. The molecule has 0 radical (unpaired) electrons. The molecule has 2 N–H and O–H groups in total. The Labute approximate surface area is 124 Å². The molecule has 1 aromatic carbocycles. The van der Waals surface area contributed by atoms with Crippen molar-refractivity contribution in [3.63, 3.8) is 0 Å². The number of aliphatic hydroxyl groups is 1. The minimum absolute atomic E-state index is 0.112. The first-order valence-corrected chi connectivity index (χ1v) is 7.47. The van der Waals surface area contributed by atoms with Gasteiger partial charge in [-0.05, 0) is 38.7 Å². The molecule has 0 bridgehead atoms. The van der Waals surface area contributed by atoms with Crippen molar-refractivity contribution in [3.05, 3.63) is 28.3 Å². The topological polar surface area (TPSA) is 78.6 Å². The van der Waals surface area contributed by atoms with E-state index in [1.54, 1.807) is 12.1 Å². The fourth-order valence-electron chi connectivity index (χ4n) is 2.83. The summed E-state index contributed by atoms with van der Waals surface area (Å²) in [5.41, 5.74) is 1.77. The van der Waals surface area contributed by atoms with Gasteiger partial charge in [-0.15, -0.1) is 0 Å². The van der Waals surface area contributed by atoms with Crippen molar-refractivity contribution >= 4 is 17.1 Å². The molecule has 6 heteroatoms. The highest BCUT2D eigenvalue weighted by molar-refractivity contribution is 5.64. The van der Waals surface area contributed by atoms with Crippen LogP contribution in [0.25, 0.3) is 0 Å². The van der Waals surface area contributed by atoms with Crippen molar-refractivity contribution in [1.82, 2.24) is 0 Å². The van der Waals surface area contributed by atoms with Gasteiger partial charge in [0.15, 0.2) is 0 Å². The van der Waals surface area contributed by atoms with Gasteiger partial charge >= 0.3 is 0 Å². The van der Waals surface area contributed by atoms with E-state index in [1.807, 2.05) is 19.9 Å². The Morgan fingerprint density at radius 3 is 2.62 bits per heavy atom. The highest BCUT2D eigenvalue weighted by Gasteiger charge is 2.24. The number of anilines is 2. The van der Waals surface area contributed by atoms with Gasteiger partial charge in [-0.1, -0.05) is 0 Å². The average molecular weight is 293 g/mol. The Balaban J connectivity index is 2.17. The van der Waals surface area contributed by atoms with Gasteiger partial charge < -0.3 is 15.3 Å². The maximum atomic E-state index is 11.1. The summed E-state index contributed by atoms with van der Waals surface area (Å²) in [6, 6.07) is 5.15. The maximum absolute atomic E-state index is 11.1. The number of aliphatic hydroxyl groups excluding tert-OH is 1. The van der Waals surface area contributed by atoms with E-state index in [0.717, 1.165) is 43.9 Å². The van der Waals surface area contributed by atoms with Crippen LogP contribution in [0.3, 0.4) is 0 Å². The quantitative estimate of drug-likeness (QED) is 0.644. The van der Waals surface area contributed by atoms with Crippen molar-refractivity contribution in [1.29, 1.82) is 0 Å². The third kappa shape index (κ3) is 3.85. The van der Waals surface area contributed by atoms with Crippen molar-refractivity contribution in [2.24, 2.45) is 5.92 Å². The molecule has 0 aromatic heterocycles. The van der Waals surface area contributed by atoms with E-state index in [9.17, 15) is 15.2 Å². The average Bonchev–Trinajstić information content (AvgIpc) is 2.47. The second kappa shape index (κ2) is 6.76. The van der Waals surface area contributed by atoms with Crippen LogP contribution in [0, 0.1) is 16.0 Å². The van der Waals surface area contributed by atoms with E-state index < -0.39 is 0 Å². The van der Waals surface area contributed by atoms with Crippen LogP contribution in [-0.2, 0) is 0 Å². The third-order valence-electron chi connectivity index (χ3n) is 4.08. The van der Waals surface area contributed by atoms with Gasteiger partial charge in [0.2, 0.25) is 0 Å². The highest BCUT2D eigenvalue weighted by atomic mass is 16.6. The number of nitrogens with zero attached hydrogens (tertiary/aromatic N) is 2. The monoisotopic (exact) mass is 293 g/mol. The SMILES string of the molecule is CCNc1cc(N2CCC(C(C)O)CC2)cc([N+](=O)[O-])c1. The number of piperidine rings is 1. The number of rotatable bonds is 5. The zero-order chi connectivity index (χ0) is 15.4. The maximum Gasteiger partial charge on any atom is 0.273 e. The van der Waals surface area contributed by atoms with Crippen molar-refractivity contribution < 1.29 is 10.0 Å². The molecule has 6 nitrogen and oxygen atoms in total. The van der Waals surface area contributed by atoms with Gasteiger partial charge in [0.05, 0.1) is 11.0 Å². The van der Waals surface area contributed by atoms with Crippen molar-refractivity contribution in [2.75, 3.05) is 29.9 Å². The number of nitro benzene ring substituents is 1. The molecular weight excluding hydrogens is 270 g/mol. The standard InChI is InChI=1S/C15H23N3O3/c1-3-16-13-8-14(10-15(9-13)18(20)21)17-6-4-12(5-7-17)11(2)19/h8-12,16,19H,3-7H2,1-2H3. The molecule has 1 heterocycles. The molecule has 0 aliphatic carbocycles. The lowest BCUT2D eigenvalue weighted by atomic mass is 9.92. The molecule has 2 rings (SSSR count). The first-order chi connectivity index (χ1) is 10.0. The molecule has 21 heavy (non-hydrogen) atoms. The van der Waals surface area contributed by atoms with E-state index in [-0.39, 0.29) is 16.7 Å². The molecule has 1 aliphatic rings. The number of nitro groups is 1. The Bertz CT molecular complexity index is 497. The van der Waals surface area contributed by atoms with Crippen LogP contribution in [0.5, 0.6) is 0 Å². The zero-order valence-electron chi connectivity index (χ0n) is 12.6. The minimum atomic E-state index is -0.354. The number of benzene rings is 1. The summed E-state index contributed by atoms with van der Waals surface area (Å²) in [5, 5.41) is 23.8. The number of non-ortho nitro benzene ring substituents is 1. The Kier molecular flexibility index (Phi) is 5.01. The summed E-state index contributed by atoms with van der Waals surface area (Å²) in [7, 11) is 0. The van der Waals surface area contributed by atoms with Crippen LogP contribution >= 0.6 is 0 Å². The first-order valence-electron chi connectivity index (χ1n) is 7.47. The Morgan fingerprint density at radius 1 is 1.43 bits per heavy atom. The van der Waals surface area contributed by atoms with Gasteiger partial charge in [0.1, 0.15) is 0 Å². The molecule has 1 atom stereocenters. The molecular formula is C15H23N3O3. The molecule has 0 saturated carbocycles. The van der Waals surface area contributed by atoms with E-state index in [1.165, 1.54) is 0 Å². The van der Waals surface area contributed by atoms with Crippen LogP contribution in [0.4, 0.5) is 17.1 Å². The van der Waals surface area contributed by atoms with Gasteiger partial charge in [0.25, 0.3) is 5.69 Å². The molecule has 116 valence electrons. The first kappa shape index (κ1) is 15.6. The molecule has 0 amide bonds. The van der Waals surface area contributed by atoms with Crippen molar-refractivity contribution in [3.8, 4) is 0 Å². The van der Waals surface area contributed by atoms with Gasteiger partial charge in [0, 0.05) is 43.1 Å². The van der Waals surface area contributed by atoms with Crippen molar-refractivity contribution in [2.45, 2.75) is 32.8 Å². The molecule has 1 aromatic rings. The number of hydrogen-bond acceptors (Lipinski definition) is 5. The van der Waals surface area contributed by atoms with Gasteiger partial charge in [-0.25, -0.2) is 0 Å². The summed E-state index contributed by atoms with van der Waals surface area (Å²) in [6.45, 7) is 6.17. The second-order valence-electron chi connectivity index (χ2n) is 5.59. The van der Waals surface area contributed by atoms with Gasteiger partial charge in [-0.2, -0.15) is 0 Å². The predicted molar refractivity (Wildman–Crippen MR) is 83.9 cm³/mol. The van der Waals surface area contributed by atoms with Crippen LogP contribution in [-0.4, -0.2) is 35.8 Å². The van der Waals surface area contributed by atoms with E-state index in [2.05, 4.69) is 10.2 Å². The second-order valence-corrected chi connectivity index (χ2v) is 5.59. The Morgan fingerprint density at radius 2 is 2.10 bits per heavy atom. The van der Waals surface area contributed by atoms with Gasteiger partial charge in [-0.3, -0.25) is 10.1 Å². The predicted octanol–water partition coefficient (Wildman–Crippen LogP) is 2.62. The summed E-state index contributed by atoms with van der Waals surface area (Å²) < 4.78 is 0. The lowest BCUT2D eigenvalue weighted by molar-refractivity contribution is -0.384. The summed E-state index contributed by atoms with van der Waals surface area (Å²) in [5.74, 6) is 0.327. The fraction of sp³-hybridized carbons (Fsp3) is 0.600. The number of hydrogen-bond donors (Lipinski definition) is 2. The summed E-state index contributed by atoms with van der Waals surface area (Å²) in [6.07, 6.45) is 1.54. The largest absolute Gasteiger partial charge is 0.393 e. The Hall–Kier alpha value is -1.82. The minimum Gasteiger partial charge on any atom is -0.393 e. The zero-order valence-corrected chi connectivity index (χ0v) is 12.6. The normalized spacial score (nSPS) is 17.6. The third-order valence-corrected chi connectivity index (χ3v) is 4.08. The smallest absolute Gasteiger partial charge is 0.273 e. The van der Waals surface area contributed by atoms with Crippen LogP contribution in [0.2, 0.25) is 0 Å². The molecule has 1 saturated heterocycles. The lowest BCUT2D eigenvalue weighted by Crippen LogP contribution is -2.37. The molecule has 0 spiro atoms. The molecule has 1 aliphatic heterocycles. The van der Waals surface area contributed by atoms with Crippen LogP contribution in [0.1, 0.15) is 26.7 Å². The summed E-state index contributed by atoms with van der Waals surface area (Å²) >= 11 is 0. The molecule has 1 unspecified atom stereocenters. The lowest BCUT2D eigenvalue weighted by Gasteiger charge is -2.34. The van der Waals surface area contributed by atoms with E-state index >= 15 is 0 Å². The fourth-order valence-corrected chi connectivity index (χ4v) is 2.83. The molecule has 1 fully saturated rings. The van der Waals surface area contributed by atoms with Crippen LogP contribution in [0.15, 0.2) is 18.2 Å². The van der Waals surface area contributed by atoms with E-state index in [0.29, 0.717) is 5.92 Å². The van der Waals surface area contributed by atoms with Crippen LogP contribution < -0.4 is 10.2 Å². The number of nitrogens with one attached hydrogen (secondary N) is 1.